The molecule has 0 saturated carbocycles. The van der Waals surface area contributed by atoms with Crippen LogP contribution in [0.2, 0.25) is 0 Å². The highest BCUT2D eigenvalue weighted by Crippen LogP contribution is 2.18. The third-order valence-electron chi connectivity index (χ3n) is 3.56. The van der Waals surface area contributed by atoms with Gasteiger partial charge in [-0.05, 0) is 56.7 Å². The molecule has 2 N–H and O–H groups in total. The Balaban J connectivity index is 1.80. The van der Waals surface area contributed by atoms with Crippen LogP contribution in [0.25, 0.3) is 0 Å². The Morgan fingerprint density at radius 2 is 1.81 bits per heavy atom. The molecule has 0 unspecified atom stereocenters. The van der Waals surface area contributed by atoms with Crippen LogP contribution in [0, 0.1) is 0 Å². The maximum absolute atomic E-state index is 12.1. The number of hydrogen-bond donors (Lipinski definition) is 2. The largest absolute Gasteiger partial charge is 0.494 e. The fraction of sp³-hybridized carbons (Fsp3) is 0.381. The molecule has 0 fully saturated rings. The highest BCUT2D eigenvalue weighted by molar-refractivity contribution is 5.93. The lowest BCUT2D eigenvalue weighted by atomic mass is 10.3. The Morgan fingerprint density at radius 3 is 2.50 bits per heavy atom. The van der Waals surface area contributed by atoms with Crippen molar-refractivity contribution in [2.45, 2.75) is 39.7 Å². The lowest BCUT2D eigenvalue weighted by molar-refractivity contribution is -0.114. The predicted octanol–water partition coefficient (Wildman–Crippen LogP) is 4.70. The summed E-state index contributed by atoms with van der Waals surface area (Å²) in [5.74, 6) is 1.49. The molecule has 0 aromatic heterocycles. The van der Waals surface area contributed by atoms with Crippen LogP contribution in [-0.2, 0) is 4.79 Å². The van der Waals surface area contributed by atoms with E-state index in [-0.39, 0.29) is 18.6 Å². The fourth-order valence-electron chi connectivity index (χ4n) is 2.31. The summed E-state index contributed by atoms with van der Waals surface area (Å²) in [6.45, 7) is 6.97. The second-order valence-corrected chi connectivity index (χ2v) is 6.32. The molecule has 140 valence electrons. The maximum atomic E-state index is 12.1. The molecule has 0 saturated heterocycles. The van der Waals surface area contributed by atoms with E-state index in [1.807, 2.05) is 62.4 Å². The molecule has 0 aliphatic heterocycles. The molecule has 0 spiro atoms. The lowest BCUT2D eigenvalue weighted by Crippen LogP contribution is -2.21. The molecule has 26 heavy (non-hydrogen) atoms. The highest BCUT2D eigenvalue weighted by Gasteiger charge is 2.04. The summed E-state index contributed by atoms with van der Waals surface area (Å²) < 4.78 is 11.3. The number of ether oxygens (including phenoxy) is 2. The van der Waals surface area contributed by atoms with E-state index in [4.69, 9.17) is 9.47 Å². The summed E-state index contributed by atoms with van der Waals surface area (Å²) in [7, 11) is 0. The Bertz CT molecular complexity index is 684. The van der Waals surface area contributed by atoms with Gasteiger partial charge in [-0.25, -0.2) is 0 Å². The van der Waals surface area contributed by atoms with Gasteiger partial charge in [-0.15, -0.1) is 0 Å². The van der Waals surface area contributed by atoms with Crippen LogP contribution >= 0.6 is 0 Å². The zero-order chi connectivity index (χ0) is 18.8. The van der Waals surface area contributed by atoms with Gasteiger partial charge in [0.1, 0.15) is 11.5 Å². The van der Waals surface area contributed by atoms with E-state index >= 15 is 0 Å². The molecular formula is C21H28N2O3. The molecule has 5 nitrogen and oxygen atoms in total. The van der Waals surface area contributed by atoms with Gasteiger partial charge < -0.3 is 20.1 Å². The molecule has 2 aromatic rings. The molecule has 0 atom stereocenters. The van der Waals surface area contributed by atoms with Crippen LogP contribution in [0.5, 0.6) is 11.5 Å². The molecule has 5 heteroatoms. The molecule has 0 heterocycles. The van der Waals surface area contributed by atoms with Gasteiger partial charge in [0.25, 0.3) is 0 Å². The van der Waals surface area contributed by atoms with E-state index < -0.39 is 0 Å². The van der Waals surface area contributed by atoms with Crippen molar-refractivity contribution < 1.29 is 14.3 Å². The Hall–Kier alpha value is -2.69. The second kappa shape index (κ2) is 10.3. The standard InChI is InChI=1S/C21H28N2O3/c1-4-5-13-25-20-8-6-7-18(14-20)22-15-21(24)23-17-9-11-19(12-10-17)26-16(2)3/h6-12,14,16,22H,4-5,13,15H2,1-3H3,(H,23,24). The number of carbonyl (C=O) groups excluding carboxylic acids is 1. The van der Waals surface area contributed by atoms with Gasteiger partial charge in [-0.2, -0.15) is 0 Å². The van der Waals surface area contributed by atoms with E-state index in [1.54, 1.807) is 0 Å². The maximum Gasteiger partial charge on any atom is 0.243 e. The number of anilines is 2. The number of benzene rings is 2. The van der Waals surface area contributed by atoms with Crippen LogP contribution in [-0.4, -0.2) is 25.2 Å². The van der Waals surface area contributed by atoms with Crippen molar-refractivity contribution in [3.8, 4) is 11.5 Å². The minimum absolute atomic E-state index is 0.111. The van der Waals surface area contributed by atoms with Crippen LogP contribution in [0.3, 0.4) is 0 Å². The third-order valence-corrected chi connectivity index (χ3v) is 3.56. The van der Waals surface area contributed by atoms with E-state index in [2.05, 4.69) is 17.6 Å². The van der Waals surface area contributed by atoms with Gasteiger partial charge in [-0.3, -0.25) is 4.79 Å². The van der Waals surface area contributed by atoms with Crippen LogP contribution in [0.15, 0.2) is 48.5 Å². The van der Waals surface area contributed by atoms with Crippen molar-refractivity contribution in [1.82, 2.24) is 0 Å². The summed E-state index contributed by atoms with van der Waals surface area (Å²) >= 11 is 0. The average Bonchev–Trinajstić information content (AvgIpc) is 2.62. The van der Waals surface area contributed by atoms with E-state index in [1.165, 1.54) is 0 Å². The van der Waals surface area contributed by atoms with Crippen molar-refractivity contribution in [2.24, 2.45) is 0 Å². The van der Waals surface area contributed by atoms with Crippen molar-refractivity contribution in [2.75, 3.05) is 23.8 Å². The normalized spacial score (nSPS) is 10.5. The molecule has 1 amide bonds. The van der Waals surface area contributed by atoms with Gasteiger partial charge in [0.05, 0.1) is 19.3 Å². The van der Waals surface area contributed by atoms with Gasteiger partial charge in [0.2, 0.25) is 5.91 Å². The first-order chi connectivity index (χ1) is 12.6. The zero-order valence-corrected chi connectivity index (χ0v) is 15.7. The molecule has 0 bridgehead atoms. The minimum Gasteiger partial charge on any atom is -0.494 e. The number of nitrogens with one attached hydrogen (secondary N) is 2. The zero-order valence-electron chi connectivity index (χ0n) is 15.7. The number of hydrogen-bond acceptors (Lipinski definition) is 4. The summed E-state index contributed by atoms with van der Waals surface area (Å²) in [5, 5.41) is 5.98. The third kappa shape index (κ3) is 7.05. The first kappa shape index (κ1) is 19.6. The summed E-state index contributed by atoms with van der Waals surface area (Å²) in [4.78, 5) is 12.1. The number of rotatable bonds is 10. The van der Waals surface area contributed by atoms with Crippen molar-refractivity contribution in [3.05, 3.63) is 48.5 Å². The molecule has 2 aromatic carbocycles. The predicted molar refractivity (Wildman–Crippen MR) is 106 cm³/mol. The SMILES string of the molecule is CCCCOc1cccc(NCC(=O)Nc2ccc(OC(C)C)cc2)c1. The monoisotopic (exact) mass is 356 g/mol. The molecule has 0 aliphatic carbocycles. The topological polar surface area (TPSA) is 59.6 Å². The van der Waals surface area contributed by atoms with E-state index in [0.717, 1.165) is 35.7 Å². The first-order valence-corrected chi connectivity index (χ1v) is 9.10. The van der Waals surface area contributed by atoms with Crippen LogP contribution in [0.1, 0.15) is 33.6 Å². The van der Waals surface area contributed by atoms with Crippen molar-refractivity contribution in [1.29, 1.82) is 0 Å². The van der Waals surface area contributed by atoms with Crippen LogP contribution < -0.4 is 20.1 Å². The van der Waals surface area contributed by atoms with Gasteiger partial charge in [0, 0.05) is 17.4 Å². The summed E-state index contributed by atoms with van der Waals surface area (Å²) in [6, 6.07) is 15.0. The molecular weight excluding hydrogens is 328 g/mol. The minimum atomic E-state index is -0.111. The van der Waals surface area contributed by atoms with Gasteiger partial charge in [0.15, 0.2) is 0 Å². The summed E-state index contributed by atoms with van der Waals surface area (Å²) in [5.41, 5.74) is 1.60. The number of carbonyl (C=O) groups is 1. The van der Waals surface area contributed by atoms with Crippen molar-refractivity contribution >= 4 is 17.3 Å². The first-order valence-electron chi connectivity index (χ1n) is 9.10. The number of unbranched alkanes of at least 4 members (excludes halogenated alkanes) is 1. The molecule has 2 rings (SSSR count). The van der Waals surface area contributed by atoms with Gasteiger partial charge >= 0.3 is 0 Å². The average molecular weight is 356 g/mol. The Morgan fingerprint density at radius 1 is 1.04 bits per heavy atom. The Labute approximate surface area is 155 Å². The lowest BCUT2D eigenvalue weighted by Gasteiger charge is -2.12. The quantitative estimate of drug-likeness (QED) is 0.606. The van der Waals surface area contributed by atoms with E-state index in [0.29, 0.717) is 6.61 Å². The molecule has 0 radical (unpaired) electrons. The molecule has 0 aliphatic rings. The van der Waals surface area contributed by atoms with Gasteiger partial charge in [-0.1, -0.05) is 19.4 Å². The number of amides is 1. The fourth-order valence-corrected chi connectivity index (χ4v) is 2.31. The Kier molecular flexibility index (Phi) is 7.80. The second-order valence-electron chi connectivity index (χ2n) is 6.32. The summed E-state index contributed by atoms with van der Waals surface area (Å²) in [6.07, 6.45) is 2.25. The highest BCUT2D eigenvalue weighted by atomic mass is 16.5. The van der Waals surface area contributed by atoms with Crippen LogP contribution in [0.4, 0.5) is 11.4 Å². The van der Waals surface area contributed by atoms with E-state index in [9.17, 15) is 4.79 Å². The van der Waals surface area contributed by atoms with Crippen molar-refractivity contribution in [3.63, 3.8) is 0 Å². The smallest absolute Gasteiger partial charge is 0.243 e.